The molecule has 4 aromatic rings. The van der Waals surface area contributed by atoms with E-state index < -0.39 is 0 Å². The lowest BCUT2D eigenvalue weighted by atomic mass is 10.1. The van der Waals surface area contributed by atoms with Crippen molar-refractivity contribution >= 4 is 10.9 Å². The molecule has 136 valence electrons. The molecule has 0 saturated heterocycles. The van der Waals surface area contributed by atoms with Crippen LogP contribution in [0.15, 0.2) is 54.9 Å². The monoisotopic (exact) mass is 361 g/mol. The number of hydrogen-bond acceptors (Lipinski definition) is 3. The molecule has 27 heavy (non-hydrogen) atoms. The van der Waals surface area contributed by atoms with Crippen LogP contribution in [0.2, 0.25) is 0 Å². The average Bonchev–Trinajstić information content (AvgIpc) is 3.24. The summed E-state index contributed by atoms with van der Waals surface area (Å²) in [6.07, 6.45) is 3.81. The van der Waals surface area contributed by atoms with Gasteiger partial charge in [-0.3, -0.25) is 14.6 Å². The highest BCUT2D eigenvalue weighted by molar-refractivity contribution is 5.83. The number of halogens is 1. The highest BCUT2D eigenvalue weighted by Gasteiger charge is 2.21. The Balaban J connectivity index is 1.41. The van der Waals surface area contributed by atoms with Crippen LogP contribution in [-0.2, 0) is 26.7 Å². The molecule has 1 aromatic carbocycles. The fourth-order valence-corrected chi connectivity index (χ4v) is 3.94. The van der Waals surface area contributed by atoms with Crippen molar-refractivity contribution in [2.45, 2.75) is 19.6 Å². The van der Waals surface area contributed by atoms with Crippen LogP contribution in [0.1, 0.15) is 11.3 Å². The zero-order valence-corrected chi connectivity index (χ0v) is 15.1. The summed E-state index contributed by atoms with van der Waals surface area (Å²) in [5.41, 5.74) is 4.61. The predicted octanol–water partition coefficient (Wildman–Crippen LogP) is 3.59. The van der Waals surface area contributed by atoms with Crippen LogP contribution in [0.4, 0.5) is 4.39 Å². The molecule has 0 aliphatic carbocycles. The Morgan fingerprint density at radius 2 is 2.00 bits per heavy atom. The van der Waals surface area contributed by atoms with Gasteiger partial charge in [0.05, 0.1) is 12.2 Å². The van der Waals surface area contributed by atoms with Gasteiger partial charge in [-0.25, -0.2) is 4.39 Å². The van der Waals surface area contributed by atoms with Gasteiger partial charge in [0.2, 0.25) is 0 Å². The van der Waals surface area contributed by atoms with Gasteiger partial charge in [0.1, 0.15) is 11.4 Å². The zero-order valence-electron chi connectivity index (χ0n) is 15.1. The Morgan fingerprint density at radius 3 is 2.89 bits per heavy atom. The van der Waals surface area contributed by atoms with Gasteiger partial charge in [-0.2, -0.15) is 5.10 Å². The number of hydrogen-bond donors (Lipinski definition) is 0. The molecule has 0 saturated carbocycles. The maximum atomic E-state index is 14.0. The summed E-state index contributed by atoms with van der Waals surface area (Å²) in [6, 6.07) is 13.5. The zero-order chi connectivity index (χ0) is 18.4. The summed E-state index contributed by atoms with van der Waals surface area (Å²) >= 11 is 0. The van der Waals surface area contributed by atoms with Gasteiger partial charge < -0.3 is 4.57 Å². The Hall–Kier alpha value is -2.99. The van der Waals surface area contributed by atoms with E-state index in [1.807, 2.05) is 10.7 Å². The highest BCUT2D eigenvalue weighted by atomic mass is 19.1. The molecule has 0 unspecified atom stereocenters. The minimum atomic E-state index is -0.333. The summed E-state index contributed by atoms with van der Waals surface area (Å²) < 4.78 is 18.2. The van der Waals surface area contributed by atoms with Gasteiger partial charge in [0, 0.05) is 50.0 Å². The molecule has 1 aliphatic rings. The van der Waals surface area contributed by atoms with Crippen molar-refractivity contribution in [3.63, 3.8) is 0 Å². The number of aromatic nitrogens is 4. The maximum Gasteiger partial charge on any atom is 0.151 e. The van der Waals surface area contributed by atoms with Gasteiger partial charge >= 0.3 is 0 Å². The molecule has 6 heteroatoms. The van der Waals surface area contributed by atoms with Crippen molar-refractivity contribution in [2.75, 3.05) is 6.54 Å². The third-order valence-corrected chi connectivity index (χ3v) is 5.25. The van der Waals surface area contributed by atoms with Crippen LogP contribution >= 0.6 is 0 Å². The van der Waals surface area contributed by atoms with Gasteiger partial charge in [0.15, 0.2) is 5.82 Å². The maximum absolute atomic E-state index is 14.0. The number of para-hydroxylation sites is 1. The molecule has 0 amide bonds. The van der Waals surface area contributed by atoms with E-state index in [4.69, 9.17) is 0 Å². The standard InChI is InChI=1S/C21H20FN5/c1-25-12-15(17-5-2-3-7-20(17)25)13-26-9-10-27-16(14-26)11-19(24-27)21-18(22)6-4-8-23-21/h2-8,11-12H,9-10,13-14H2,1H3. The molecule has 5 nitrogen and oxygen atoms in total. The predicted molar refractivity (Wildman–Crippen MR) is 102 cm³/mol. The average molecular weight is 361 g/mol. The quantitative estimate of drug-likeness (QED) is 0.560. The number of pyridine rings is 1. The lowest BCUT2D eigenvalue weighted by Crippen LogP contribution is -2.33. The summed E-state index contributed by atoms with van der Waals surface area (Å²) in [6.45, 7) is 3.40. The van der Waals surface area contributed by atoms with Crippen LogP contribution in [0.5, 0.6) is 0 Å². The molecule has 4 heterocycles. The lowest BCUT2D eigenvalue weighted by Gasteiger charge is -2.27. The topological polar surface area (TPSA) is 38.9 Å². The molecular formula is C21H20FN5. The molecule has 0 atom stereocenters. The second-order valence-electron chi connectivity index (χ2n) is 7.07. The third kappa shape index (κ3) is 2.82. The first kappa shape index (κ1) is 16.2. The first-order chi connectivity index (χ1) is 13.2. The molecule has 3 aromatic heterocycles. The van der Waals surface area contributed by atoms with Crippen molar-refractivity contribution in [1.29, 1.82) is 0 Å². The molecule has 0 radical (unpaired) electrons. The van der Waals surface area contributed by atoms with E-state index in [1.54, 1.807) is 12.3 Å². The van der Waals surface area contributed by atoms with E-state index in [0.29, 0.717) is 11.4 Å². The van der Waals surface area contributed by atoms with E-state index in [0.717, 1.165) is 31.9 Å². The van der Waals surface area contributed by atoms with E-state index in [1.165, 1.54) is 22.5 Å². The third-order valence-electron chi connectivity index (χ3n) is 5.25. The van der Waals surface area contributed by atoms with Gasteiger partial charge in [-0.15, -0.1) is 0 Å². The lowest BCUT2D eigenvalue weighted by molar-refractivity contribution is 0.206. The Bertz CT molecular complexity index is 1130. The number of rotatable bonds is 3. The van der Waals surface area contributed by atoms with Crippen LogP contribution in [0.25, 0.3) is 22.3 Å². The second-order valence-corrected chi connectivity index (χ2v) is 7.07. The SMILES string of the molecule is Cn1cc(CN2CCn3nc(-c4ncccc4F)cc3C2)c2ccccc21. The second kappa shape index (κ2) is 6.32. The van der Waals surface area contributed by atoms with E-state index >= 15 is 0 Å². The normalized spacial score (nSPS) is 14.6. The van der Waals surface area contributed by atoms with Crippen molar-refractivity contribution in [3.05, 3.63) is 71.9 Å². The van der Waals surface area contributed by atoms with Gasteiger partial charge in [-0.05, 0) is 29.8 Å². The summed E-state index contributed by atoms with van der Waals surface area (Å²) in [5, 5.41) is 5.86. The summed E-state index contributed by atoms with van der Waals surface area (Å²) in [5.74, 6) is -0.333. The Morgan fingerprint density at radius 1 is 1.11 bits per heavy atom. The smallest absolute Gasteiger partial charge is 0.151 e. The first-order valence-corrected chi connectivity index (χ1v) is 9.12. The fourth-order valence-electron chi connectivity index (χ4n) is 3.94. The minimum Gasteiger partial charge on any atom is -0.350 e. The molecule has 1 aliphatic heterocycles. The molecule has 0 spiro atoms. The van der Waals surface area contributed by atoms with E-state index in [-0.39, 0.29) is 5.82 Å². The molecule has 0 fully saturated rings. The van der Waals surface area contributed by atoms with Gasteiger partial charge in [0.25, 0.3) is 0 Å². The summed E-state index contributed by atoms with van der Waals surface area (Å²) in [7, 11) is 2.09. The van der Waals surface area contributed by atoms with Crippen LogP contribution < -0.4 is 0 Å². The fraction of sp³-hybridized carbons (Fsp3) is 0.238. The van der Waals surface area contributed by atoms with Crippen molar-refractivity contribution in [3.8, 4) is 11.4 Å². The Kier molecular flexibility index (Phi) is 3.79. The van der Waals surface area contributed by atoms with Crippen LogP contribution in [-0.4, -0.2) is 30.8 Å². The van der Waals surface area contributed by atoms with Crippen LogP contribution in [0, 0.1) is 5.82 Å². The van der Waals surface area contributed by atoms with Crippen LogP contribution in [0.3, 0.4) is 0 Å². The number of aryl methyl sites for hydroxylation is 1. The summed E-state index contributed by atoms with van der Waals surface area (Å²) in [4.78, 5) is 6.56. The number of fused-ring (bicyclic) bond motifs is 2. The van der Waals surface area contributed by atoms with Crippen molar-refractivity contribution in [2.24, 2.45) is 7.05 Å². The molecule has 0 bridgehead atoms. The largest absolute Gasteiger partial charge is 0.350 e. The molecule has 0 N–H and O–H groups in total. The number of benzene rings is 1. The van der Waals surface area contributed by atoms with Crippen molar-refractivity contribution in [1.82, 2.24) is 24.2 Å². The first-order valence-electron chi connectivity index (χ1n) is 9.12. The minimum absolute atomic E-state index is 0.319. The molecule has 5 rings (SSSR count). The van der Waals surface area contributed by atoms with Crippen molar-refractivity contribution < 1.29 is 4.39 Å². The van der Waals surface area contributed by atoms with E-state index in [2.05, 4.69) is 57.1 Å². The van der Waals surface area contributed by atoms with E-state index in [9.17, 15) is 4.39 Å². The Labute approximate surface area is 156 Å². The number of nitrogens with zero attached hydrogens (tertiary/aromatic N) is 5. The molecular weight excluding hydrogens is 341 g/mol. The highest BCUT2D eigenvalue weighted by Crippen LogP contribution is 2.26. The van der Waals surface area contributed by atoms with Gasteiger partial charge in [-0.1, -0.05) is 18.2 Å².